The van der Waals surface area contributed by atoms with Gasteiger partial charge in [0.15, 0.2) is 0 Å². The first-order valence-corrected chi connectivity index (χ1v) is 8.03. The number of rotatable bonds is 6. The van der Waals surface area contributed by atoms with Crippen LogP contribution in [0, 0.1) is 0 Å². The number of H-pyrrole nitrogens is 1. The molecular formula is C19H22N4O3. The minimum atomic E-state index is 0.439. The largest absolute Gasteiger partial charge is 0.497 e. The average molecular weight is 354 g/mol. The molecule has 3 aromatic rings. The SMILES string of the molecule is COc1cc(OC)cc(-c2nc[nH]c2Cc2ccc(OC)c(N)c2N)c1. The molecule has 0 saturated heterocycles. The number of nitrogens with zero attached hydrogens (tertiary/aromatic N) is 1. The summed E-state index contributed by atoms with van der Waals surface area (Å²) in [6.07, 6.45) is 2.20. The summed E-state index contributed by atoms with van der Waals surface area (Å²) in [5.74, 6) is 1.96. The topological polar surface area (TPSA) is 108 Å². The van der Waals surface area contributed by atoms with Crippen LogP contribution in [0.3, 0.4) is 0 Å². The second kappa shape index (κ2) is 7.26. The van der Waals surface area contributed by atoms with E-state index in [1.54, 1.807) is 27.7 Å². The van der Waals surface area contributed by atoms with E-state index in [9.17, 15) is 0 Å². The number of aromatic amines is 1. The quantitative estimate of drug-likeness (QED) is 0.587. The maximum atomic E-state index is 6.18. The van der Waals surface area contributed by atoms with Gasteiger partial charge in [0.1, 0.15) is 17.2 Å². The van der Waals surface area contributed by atoms with E-state index in [1.165, 1.54) is 0 Å². The first-order chi connectivity index (χ1) is 12.6. The standard InChI is InChI=1S/C19H22N4O3/c1-24-13-6-12(7-14(9-13)25-2)19-15(22-10-23-19)8-11-4-5-16(26-3)18(21)17(11)20/h4-7,9-10H,8,20-21H2,1-3H3,(H,22,23). The van der Waals surface area contributed by atoms with Gasteiger partial charge in [-0.1, -0.05) is 6.07 Å². The zero-order chi connectivity index (χ0) is 18.7. The molecule has 5 N–H and O–H groups in total. The number of nitrogens with two attached hydrogens (primary N) is 2. The van der Waals surface area contributed by atoms with Crippen molar-refractivity contribution >= 4 is 11.4 Å². The second-order valence-electron chi connectivity index (χ2n) is 5.76. The van der Waals surface area contributed by atoms with E-state index in [2.05, 4.69) is 9.97 Å². The van der Waals surface area contributed by atoms with Gasteiger partial charge in [-0.3, -0.25) is 0 Å². The molecule has 0 spiro atoms. The molecule has 0 atom stereocenters. The summed E-state index contributed by atoms with van der Waals surface area (Å²) in [7, 11) is 4.80. The first-order valence-electron chi connectivity index (χ1n) is 8.03. The predicted octanol–water partition coefficient (Wildman–Crippen LogP) is 2.86. The van der Waals surface area contributed by atoms with E-state index in [1.807, 2.05) is 30.3 Å². The molecule has 0 unspecified atom stereocenters. The van der Waals surface area contributed by atoms with Gasteiger partial charge in [-0.2, -0.15) is 0 Å². The Morgan fingerprint density at radius 2 is 1.62 bits per heavy atom. The Morgan fingerprint density at radius 3 is 2.23 bits per heavy atom. The molecule has 0 aliphatic carbocycles. The van der Waals surface area contributed by atoms with Crippen LogP contribution in [0.1, 0.15) is 11.3 Å². The van der Waals surface area contributed by atoms with Gasteiger partial charge in [0.25, 0.3) is 0 Å². The highest BCUT2D eigenvalue weighted by atomic mass is 16.5. The smallest absolute Gasteiger partial charge is 0.143 e. The van der Waals surface area contributed by atoms with Crippen LogP contribution in [0.2, 0.25) is 0 Å². The summed E-state index contributed by atoms with van der Waals surface area (Å²) in [5, 5.41) is 0. The van der Waals surface area contributed by atoms with Crippen LogP contribution >= 0.6 is 0 Å². The van der Waals surface area contributed by atoms with E-state index < -0.39 is 0 Å². The third kappa shape index (κ3) is 3.23. The van der Waals surface area contributed by atoms with Gasteiger partial charge in [-0.25, -0.2) is 4.98 Å². The van der Waals surface area contributed by atoms with Crippen molar-refractivity contribution in [1.29, 1.82) is 0 Å². The number of ether oxygens (including phenoxy) is 3. The highest BCUT2D eigenvalue weighted by molar-refractivity contribution is 5.75. The van der Waals surface area contributed by atoms with Crippen LogP contribution in [0.5, 0.6) is 17.2 Å². The van der Waals surface area contributed by atoms with Crippen LogP contribution in [0.4, 0.5) is 11.4 Å². The Morgan fingerprint density at radius 1 is 0.923 bits per heavy atom. The molecule has 136 valence electrons. The van der Waals surface area contributed by atoms with Crippen LogP contribution < -0.4 is 25.7 Å². The molecule has 1 heterocycles. The lowest BCUT2D eigenvalue weighted by Gasteiger charge is -2.12. The zero-order valence-corrected chi connectivity index (χ0v) is 15.0. The van der Waals surface area contributed by atoms with Crippen molar-refractivity contribution in [2.24, 2.45) is 0 Å². The average Bonchev–Trinajstić information content (AvgIpc) is 3.13. The number of benzene rings is 2. The fourth-order valence-corrected chi connectivity index (χ4v) is 2.83. The maximum Gasteiger partial charge on any atom is 0.143 e. The molecule has 0 fully saturated rings. The van der Waals surface area contributed by atoms with Crippen LogP contribution in [-0.2, 0) is 6.42 Å². The van der Waals surface area contributed by atoms with Crippen molar-refractivity contribution in [2.75, 3.05) is 32.8 Å². The molecule has 3 rings (SSSR count). The number of imidazole rings is 1. The van der Waals surface area contributed by atoms with Crippen molar-refractivity contribution in [2.45, 2.75) is 6.42 Å². The minimum Gasteiger partial charge on any atom is -0.497 e. The van der Waals surface area contributed by atoms with Crippen molar-refractivity contribution < 1.29 is 14.2 Å². The van der Waals surface area contributed by atoms with E-state index in [4.69, 9.17) is 25.7 Å². The zero-order valence-electron chi connectivity index (χ0n) is 15.0. The molecule has 1 aromatic heterocycles. The summed E-state index contributed by atoms with van der Waals surface area (Å²) >= 11 is 0. The molecule has 0 amide bonds. The van der Waals surface area contributed by atoms with Crippen LogP contribution in [0.15, 0.2) is 36.7 Å². The molecule has 7 heteroatoms. The van der Waals surface area contributed by atoms with Crippen molar-refractivity contribution in [3.05, 3.63) is 47.9 Å². The molecule has 2 aromatic carbocycles. The number of nitrogen functional groups attached to an aromatic ring is 2. The number of anilines is 2. The van der Waals surface area contributed by atoms with Gasteiger partial charge in [0, 0.05) is 23.7 Å². The van der Waals surface area contributed by atoms with Gasteiger partial charge in [0.05, 0.1) is 44.7 Å². The summed E-state index contributed by atoms with van der Waals surface area (Å²) in [6.45, 7) is 0. The summed E-state index contributed by atoms with van der Waals surface area (Å²) < 4.78 is 15.9. The van der Waals surface area contributed by atoms with Crippen molar-refractivity contribution in [1.82, 2.24) is 9.97 Å². The minimum absolute atomic E-state index is 0.439. The lowest BCUT2D eigenvalue weighted by atomic mass is 10.0. The normalized spacial score (nSPS) is 10.6. The third-order valence-electron chi connectivity index (χ3n) is 4.27. The molecule has 7 nitrogen and oxygen atoms in total. The molecule has 0 aliphatic rings. The highest BCUT2D eigenvalue weighted by Gasteiger charge is 2.15. The number of methoxy groups -OCH3 is 3. The van der Waals surface area contributed by atoms with Crippen LogP contribution in [0.25, 0.3) is 11.3 Å². The van der Waals surface area contributed by atoms with Crippen molar-refractivity contribution in [3.63, 3.8) is 0 Å². The Balaban J connectivity index is 1.99. The molecule has 0 aliphatic heterocycles. The Bertz CT molecular complexity index is 899. The Labute approximate surface area is 151 Å². The van der Waals surface area contributed by atoms with E-state index >= 15 is 0 Å². The third-order valence-corrected chi connectivity index (χ3v) is 4.27. The number of nitrogens with one attached hydrogen (secondary N) is 1. The fourth-order valence-electron chi connectivity index (χ4n) is 2.83. The lowest BCUT2D eigenvalue weighted by Crippen LogP contribution is -2.03. The lowest BCUT2D eigenvalue weighted by molar-refractivity contribution is 0.394. The van der Waals surface area contributed by atoms with Crippen molar-refractivity contribution in [3.8, 4) is 28.5 Å². The highest BCUT2D eigenvalue weighted by Crippen LogP contribution is 2.34. The molecule has 0 saturated carbocycles. The van der Waals surface area contributed by atoms with E-state index in [-0.39, 0.29) is 0 Å². The molecule has 0 radical (unpaired) electrons. The Kier molecular flexibility index (Phi) is 4.88. The van der Waals surface area contributed by atoms with Gasteiger partial charge < -0.3 is 30.7 Å². The molecule has 0 bridgehead atoms. The summed E-state index contributed by atoms with van der Waals surface area (Å²) in [6, 6.07) is 9.35. The predicted molar refractivity (Wildman–Crippen MR) is 102 cm³/mol. The van der Waals surface area contributed by atoms with Gasteiger partial charge in [-0.05, 0) is 23.8 Å². The monoisotopic (exact) mass is 354 g/mol. The summed E-state index contributed by atoms with van der Waals surface area (Å²) in [4.78, 5) is 7.64. The van der Waals surface area contributed by atoms with E-state index in [0.29, 0.717) is 35.0 Å². The van der Waals surface area contributed by atoms with Gasteiger partial charge >= 0.3 is 0 Å². The van der Waals surface area contributed by atoms with Gasteiger partial charge in [0.2, 0.25) is 0 Å². The maximum absolute atomic E-state index is 6.18. The molecular weight excluding hydrogens is 332 g/mol. The number of aromatic nitrogens is 2. The fraction of sp³-hybridized carbons (Fsp3) is 0.211. The van der Waals surface area contributed by atoms with E-state index in [0.717, 1.165) is 22.5 Å². The number of hydrogen-bond donors (Lipinski definition) is 3. The second-order valence-corrected chi connectivity index (χ2v) is 5.76. The van der Waals surface area contributed by atoms with Crippen LogP contribution in [-0.4, -0.2) is 31.3 Å². The number of hydrogen-bond acceptors (Lipinski definition) is 6. The van der Waals surface area contributed by atoms with Gasteiger partial charge in [-0.15, -0.1) is 0 Å². The molecule has 26 heavy (non-hydrogen) atoms. The first kappa shape index (κ1) is 17.5. The Hall–Kier alpha value is -3.35. The summed E-state index contributed by atoms with van der Waals surface area (Å²) in [5.41, 5.74) is 16.7.